The van der Waals surface area contributed by atoms with Crippen molar-refractivity contribution >= 4 is 0 Å². The van der Waals surface area contributed by atoms with E-state index in [-0.39, 0.29) is 0 Å². The van der Waals surface area contributed by atoms with Crippen molar-refractivity contribution in [3.63, 3.8) is 0 Å². The van der Waals surface area contributed by atoms with Gasteiger partial charge in [-0.15, -0.1) is 5.10 Å². The third kappa shape index (κ3) is 3.87. The van der Waals surface area contributed by atoms with Crippen LogP contribution >= 0.6 is 0 Å². The minimum absolute atomic E-state index is 0.632. The fourth-order valence-corrected chi connectivity index (χ4v) is 1.26. The van der Waals surface area contributed by atoms with E-state index in [0.717, 1.165) is 25.3 Å². The van der Waals surface area contributed by atoms with Gasteiger partial charge in [0.1, 0.15) is 0 Å². The van der Waals surface area contributed by atoms with Crippen LogP contribution in [0.1, 0.15) is 26.5 Å². The summed E-state index contributed by atoms with van der Waals surface area (Å²) in [6.45, 7) is 8.61. The predicted molar refractivity (Wildman–Crippen MR) is 55.1 cm³/mol. The molecule has 80 valence electrons. The Balaban J connectivity index is 2.35. The average Bonchev–Trinajstić information content (AvgIpc) is 2.52. The van der Waals surface area contributed by atoms with Gasteiger partial charge in [-0.3, -0.25) is 0 Å². The molecule has 0 N–H and O–H groups in total. The lowest BCUT2D eigenvalue weighted by molar-refractivity contribution is 0.136. The average molecular weight is 197 g/mol. The van der Waals surface area contributed by atoms with E-state index in [9.17, 15) is 0 Å². The van der Waals surface area contributed by atoms with E-state index in [2.05, 4.69) is 24.2 Å². The molecular formula is C10H19N3O. The second kappa shape index (κ2) is 5.75. The van der Waals surface area contributed by atoms with Gasteiger partial charge in [-0.05, 0) is 19.3 Å². The molecule has 0 saturated heterocycles. The van der Waals surface area contributed by atoms with Crippen LogP contribution in [0, 0.1) is 5.92 Å². The molecule has 0 atom stereocenters. The summed E-state index contributed by atoms with van der Waals surface area (Å²) in [7, 11) is 0. The second-order valence-electron chi connectivity index (χ2n) is 3.77. The highest BCUT2D eigenvalue weighted by Gasteiger charge is 2.02. The molecule has 1 aromatic rings. The summed E-state index contributed by atoms with van der Waals surface area (Å²) in [6, 6.07) is 0. The van der Waals surface area contributed by atoms with E-state index in [1.165, 1.54) is 0 Å². The van der Waals surface area contributed by atoms with E-state index in [0.29, 0.717) is 12.5 Å². The van der Waals surface area contributed by atoms with Crippen molar-refractivity contribution < 1.29 is 4.74 Å². The Hall–Kier alpha value is -0.900. The first-order chi connectivity index (χ1) is 6.72. The molecule has 0 aliphatic carbocycles. The van der Waals surface area contributed by atoms with Crippen molar-refractivity contribution in [3.05, 3.63) is 11.9 Å². The lowest BCUT2D eigenvalue weighted by Crippen LogP contribution is -2.06. The molecule has 4 heteroatoms. The van der Waals surface area contributed by atoms with Crippen molar-refractivity contribution in [2.75, 3.05) is 13.2 Å². The maximum absolute atomic E-state index is 5.24. The number of aromatic nitrogens is 3. The smallest absolute Gasteiger partial charge is 0.0829 e. The molecule has 14 heavy (non-hydrogen) atoms. The number of rotatable bonds is 6. The van der Waals surface area contributed by atoms with Crippen LogP contribution < -0.4 is 0 Å². The zero-order chi connectivity index (χ0) is 10.4. The minimum atomic E-state index is 0.632. The second-order valence-corrected chi connectivity index (χ2v) is 3.77. The van der Waals surface area contributed by atoms with Crippen LogP contribution in [-0.4, -0.2) is 28.2 Å². The molecular weight excluding hydrogens is 178 g/mol. The van der Waals surface area contributed by atoms with Gasteiger partial charge in [-0.1, -0.05) is 19.1 Å². The Morgan fingerprint density at radius 2 is 2.29 bits per heavy atom. The molecule has 0 saturated carbocycles. The fourth-order valence-electron chi connectivity index (χ4n) is 1.26. The summed E-state index contributed by atoms with van der Waals surface area (Å²) >= 11 is 0. The summed E-state index contributed by atoms with van der Waals surface area (Å²) in [6.07, 6.45) is 2.99. The molecule has 0 bridgehead atoms. The Morgan fingerprint density at radius 1 is 1.50 bits per heavy atom. The van der Waals surface area contributed by atoms with Gasteiger partial charge in [0.25, 0.3) is 0 Å². The standard InChI is InChI=1S/C10H19N3O/c1-4-14-6-5-13-8-10(11-12-13)7-9(2)3/h8-9H,4-7H2,1-3H3. The lowest BCUT2D eigenvalue weighted by Gasteiger charge is -2.00. The third-order valence-electron chi connectivity index (χ3n) is 1.87. The van der Waals surface area contributed by atoms with Crippen LogP contribution in [-0.2, 0) is 17.7 Å². The van der Waals surface area contributed by atoms with Crippen molar-refractivity contribution in [1.82, 2.24) is 15.0 Å². The summed E-state index contributed by atoms with van der Waals surface area (Å²) in [4.78, 5) is 0. The van der Waals surface area contributed by atoms with Crippen LogP contribution in [0.2, 0.25) is 0 Å². The molecule has 4 nitrogen and oxygen atoms in total. The van der Waals surface area contributed by atoms with Crippen LogP contribution in [0.15, 0.2) is 6.20 Å². The van der Waals surface area contributed by atoms with Gasteiger partial charge in [0.2, 0.25) is 0 Å². The maximum Gasteiger partial charge on any atom is 0.0829 e. The predicted octanol–water partition coefficient (Wildman–Crippen LogP) is 1.51. The molecule has 0 amide bonds. The van der Waals surface area contributed by atoms with Crippen LogP contribution in [0.3, 0.4) is 0 Å². The Kier molecular flexibility index (Phi) is 4.59. The van der Waals surface area contributed by atoms with Crippen molar-refractivity contribution in [3.8, 4) is 0 Å². The largest absolute Gasteiger partial charge is 0.380 e. The normalized spacial score (nSPS) is 11.1. The van der Waals surface area contributed by atoms with E-state index >= 15 is 0 Å². The number of nitrogens with zero attached hydrogens (tertiary/aromatic N) is 3. The van der Waals surface area contributed by atoms with Gasteiger partial charge in [0.15, 0.2) is 0 Å². The fraction of sp³-hybridized carbons (Fsp3) is 0.800. The Bertz CT molecular complexity index is 258. The van der Waals surface area contributed by atoms with Gasteiger partial charge >= 0.3 is 0 Å². The molecule has 0 unspecified atom stereocenters. The SMILES string of the molecule is CCOCCn1cc(CC(C)C)nn1. The van der Waals surface area contributed by atoms with Crippen LogP contribution in [0.4, 0.5) is 0 Å². The molecule has 0 spiro atoms. The van der Waals surface area contributed by atoms with Crippen molar-refractivity contribution in [1.29, 1.82) is 0 Å². The monoisotopic (exact) mass is 197 g/mol. The van der Waals surface area contributed by atoms with Gasteiger partial charge in [0.05, 0.1) is 18.8 Å². The van der Waals surface area contributed by atoms with E-state index in [1.54, 1.807) is 0 Å². The van der Waals surface area contributed by atoms with Crippen molar-refractivity contribution in [2.24, 2.45) is 5.92 Å². The summed E-state index contributed by atoms with van der Waals surface area (Å²) in [5, 5.41) is 8.12. The first-order valence-electron chi connectivity index (χ1n) is 5.19. The number of hydrogen-bond donors (Lipinski definition) is 0. The Morgan fingerprint density at radius 3 is 2.93 bits per heavy atom. The van der Waals surface area contributed by atoms with Gasteiger partial charge < -0.3 is 4.74 Å². The van der Waals surface area contributed by atoms with Gasteiger partial charge in [-0.2, -0.15) is 0 Å². The van der Waals surface area contributed by atoms with Gasteiger partial charge in [-0.25, -0.2) is 4.68 Å². The van der Waals surface area contributed by atoms with E-state index in [4.69, 9.17) is 4.74 Å². The molecule has 0 fully saturated rings. The van der Waals surface area contributed by atoms with Gasteiger partial charge in [0, 0.05) is 12.8 Å². The first kappa shape index (κ1) is 11.2. The maximum atomic E-state index is 5.24. The van der Waals surface area contributed by atoms with E-state index in [1.807, 2.05) is 17.8 Å². The minimum Gasteiger partial charge on any atom is -0.380 e. The van der Waals surface area contributed by atoms with Crippen LogP contribution in [0.5, 0.6) is 0 Å². The summed E-state index contributed by atoms with van der Waals surface area (Å²) < 4.78 is 7.08. The molecule has 0 aliphatic rings. The summed E-state index contributed by atoms with van der Waals surface area (Å²) in [5.74, 6) is 0.632. The van der Waals surface area contributed by atoms with Crippen LogP contribution in [0.25, 0.3) is 0 Å². The highest BCUT2D eigenvalue weighted by atomic mass is 16.5. The van der Waals surface area contributed by atoms with E-state index < -0.39 is 0 Å². The molecule has 0 aliphatic heterocycles. The number of ether oxygens (including phenoxy) is 1. The highest BCUT2D eigenvalue weighted by Crippen LogP contribution is 2.03. The molecule has 1 rings (SSSR count). The first-order valence-corrected chi connectivity index (χ1v) is 5.19. The molecule has 0 aromatic carbocycles. The zero-order valence-corrected chi connectivity index (χ0v) is 9.23. The number of hydrogen-bond acceptors (Lipinski definition) is 3. The molecule has 1 heterocycles. The van der Waals surface area contributed by atoms with Crippen molar-refractivity contribution in [2.45, 2.75) is 33.7 Å². The summed E-state index contributed by atoms with van der Waals surface area (Å²) in [5.41, 5.74) is 1.07. The lowest BCUT2D eigenvalue weighted by atomic mass is 10.1. The highest BCUT2D eigenvalue weighted by molar-refractivity contribution is 4.92. The third-order valence-corrected chi connectivity index (χ3v) is 1.87. The Labute approximate surface area is 85.3 Å². The molecule has 1 aromatic heterocycles. The zero-order valence-electron chi connectivity index (χ0n) is 9.23. The quantitative estimate of drug-likeness (QED) is 0.649. The topological polar surface area (TPSA) is 39.9 Å². The molecule has 0 radical (unpaired) electrons.